The summed E-state index contributed by atoms with van der Waals surface area (Å²) in [6.45, 7) is 11.5. The predicted octanol–water partition coefficient (Wildman–Crippen LogP) is 3.52. The van der Waals surface area contributed by atoms with Crippen LogP contribution in [-0.4, -0.2) is 89.2 Å². The molecule has 2 fully saturated rings. The number of ether oxygens (including phenoxy) is 3. The number of rotatable bonds is 11. The zero-order valence-corrected chi connectivity index (χ0v) is 27.0. The van der Waals surface area contributed by atoms with Gasteiger partial charge in [0, 0.05) is 6.54 Å². The molecule has 2 aromatic rings. The van der Waals surface area contributed by atoms with Crippen molar-refractivity contribution < 1.29 is 33.4 Å². The van der Waals surface area contributed by atoms with Gasteiger partial charge >= 0.3 is 12.1 Å². The molecule has 0 radical (unpaired) electrons. The van der Waals surface area contributed by atoms with Gasteiger partial charge in [-0.2, -0.15) is 0 Å². The molecule has 5 unspecified atom stereocenters. The molecule has 3 amide bonds. The van der Waals surface area contributed by atoms with Gasteiger partial charge in [0.1, 0.15) is 30.1 Å². The zero-order chi connectivity index (χ0) is 32.7. The number of hydrogen-bond donors (Lipinski definition) is 2. The second kappa shape index (κ2) is 14.8. The minimum Gasteiger partial charge on any atom is -0.486 e. The predicted molar refractivity (Wildman–Crippen MR) is 168 cm³/mol. The number of amides is 3. The van der Waals surface area contributed by atoms with E-state index in [0.29, 0.717) is 18.7 Å². The van der Waals surface area contributed by atoms with Gasteiger partial charge in [0.25, 0.3) is 0 Å². The van der Waals surface area contributed by atoms with E-state index in [9.17, 15) is 19.2 Å². The highest BCUT2D eigenvalue weighted by Crippen LogP contribution is 2.36. The molecule has 2 aromatic carbocycles. The first kappa shape index (κ1) is 33.8. The second-order valence-corrected chi connectivity index (χ2v) is 13.0. The minimum absolute atomic E-state index is 0.143. The van der Waals surface area contributed by atoms with E-state index in [1.54, 1.807) is 16.7 Å². The molecule has 0 aliphatic carbocycles. The number of hydrogen-bond acceptors (Lipinski definition) is 8. The fourth-order valence-corrected chi connectivity index (χ4v) is 5.68. The molecule has 2 heterocycles. The van der Waals surface area contributed by atoms with Crippen molar-refractivity contribution in [1.29, 1.82) is 0 Å². The van der Waals surface area contributed by atoms with Crippen LogP contribution in [0.4, 0.5) is 4.79 Å². The van der Waals surface area contributed by atoms with Gasteiger partial charge in [-0.1, -0.05) is 62.4 Å². The first-order chi connectivity index (χ1) is 21.3. The molecule has 5 atom stereocenters. The fraction of sp³-hybridized carbons (Fsp3) is 0.529. The van der Waals surface area contributed by atoms with E-state index in [0.717, 1.165) is 5.56 Å². The van der Waals surface area contributed by atoms with Crippen molar-refractivity contribution in [3.8, 4) is 5.75 Å². The van der Waals surface area contributed by atoms with Gasteiger partial charge in [0.05, 0.1) is 31.2 Å². The number of nitrogens with zero attached hydrogens (tertiary/aromatic N) is 2. The fourth-order valence-electron chi connectivity index (χ4n) is 5.68. The van der Waals surface area contributed by atoms with Gasteiger partial charge in [-0.05, 0) is 57.7 Å². The molecule has 2 N–H and O–H groups in total. The lowest BCUT2D eigenvalue weighted by atomic mass is 10.0. The van der Waals surface area contributed by atoms with Crippen molar-refractivity contribution in [2.45, 2.75) is 90.4 Å². The Labute approximate surface area is 265 Å². The Morgan fingerprint density at radius 3 is 2.20 bits per heavy atom. The number of nitrogens with one attached hydrogen (secondary N) is 2. The summed E-state index contributed by atoms with van der Waals surface area (Å²) < 4.78 is 17.3. The van der Waals surface area contributed by atoms with Crippen LogP contribution in [0.1, 0.15) is 53.5 Å². The molecule has 11 nitrogen and oxygen atoms in total. The summed E-state index contributed by atoms with van der Waals surface area (Å²) in [5.74, 6) is -0.721. The number of para-hydroxylation sites is 1. The lowest BCUT2D eigenvalue weighted by Gasteiger charge is -2.33. The summed E-state index contributed by atoms with van der Waals surface area (Å²) >= 11 is 0. The summed E-state index contributed by atoms with van der Waals surface area (Å²) in [6.07, 6.45) is -0.365. The third kappa shape index (κ3) is 8.97. The van der Waals surface area contributed by atoms with Crippen LogP contribution in [-0.2, 0) is 30.5 Å². The van der Waals surface area contributed by atoms with Crippen LogP contribution in [0.3, 0.4) is 0 Å². The van der Waals surface area contributed by atoms with Crippen LogP contribution in [0.25, 0.3) is 0 Å². The average Bonchev–Trinajstić information content (AvgIpc) is 3.58. The van der Waals surface area contributed by atoms with Crippen LogP contribution in [0, 0.1) is 5.92 Å². The molecule has 2 aliphatic rings. The van der Waals surface area contributed by atoms with Crippen molar-refractivity contribution in [2.75, 3.05) is 19.6 Å². The summed E-state index contributed by atoms with van der Waals surface area (Å²) in [5, 5.41) is 5.78. The van der Waals surface area contributed by atoms with Gasteiger partial charge < -0.3 is 24.4 Å². The van der Waals surface area contributed by atoms with E-state index in [-0.39, 0.29) is 37.6 Å². The molecule has 4 rings (SSSR count). The number of carbonyl (C=O) groups excluding carboxylic acids is 4. The highest BCUT2D eigenvalue weighted by atomic mass is 16.6. The van der Waals surface area contributed by atoms with Crippen LogP contribution in [0.2, 0.25) is 0 Å². The second-order valence-electron chi connectivity index (χ2n) is 13.0. The Hall–Kier alpha value is -4.12. The van der Waals surface area contributed by atoms with Crippen molar-refractivity contribution in [1.82, 2.24) is 20.4 Å². The molecule has 0 aromatic heterocycles. The van der Waals surface area contributed by atoms with Crippen molar-refractivity contribution >= 4 is 23.9 Å². The number of likely N-dealkylation sites (tertiary alicyclic amines) is 2. The molecule has 45 heavy (non-hydrogen) atoms. The maximum absolute atomic E-state index is 14.1. The maximum Gasteiger partial charge on any atom is 0.410 e. The largest absolute Gasteiger partial charge is 0.486 e. The van der Waals surface area contributed by atoms with Gasteiger partial charge in [-0.25, -0.2) is 4.79 Å². The van der Waals surface area contributed by atoms with Crippen molar-refractivity contribution in [3.63, 3.8) is 0 Å². The number of benzene rings is 2. The van der Waals surface area contributed by atoms with E-state index in [4.69, 9.17) is 14.2 Å². The average molecular weight is 623 g/mol. The monoisotopic (exact) mass is 622 g/mol. The summed E-state index contributed by atoms with van der Waals surface area (Å²) in [6, 6.07) is 16.4. The topological polar surface area (TPSA) is 127 Å². The number of esters is 1. The molecule has 0 saturated carbocycles. The lowest BCUT2D eigenvalue weighted by molar-refractivity contribution is -0.144. The van der Waals surface area contributed by atoms with E-state index >= 15 is 0 Å². The molecular weight excluding hydrogens is 576 g/mol. The number of fused-ring (bicyclic) bond motifs is 1. The van der Waals surface area contributed by atoms with E-state index < -0.39 is 47.8 Å². The highest BCUT2D eigenvalue weighted by molar-refractivity contribution is 5.90. The minimum atomic E-state index is -0.821. The molecule has 0 spiro atoms. The van der Waals surface area contributed by atoms with E-state index in [2.05, 4.69) is 10.6 Å². The van der Waals surface area contributed by atoms with Crippen molar-refractivity contribution in [3.05, 3.63) is 66.2 Å². The molecule has 2 aliphatic heterocycles. The molecule has 11 heteroatoms. The van der Waals surface area contributed by atoms with Crippen molar-refractivity contribution in [2.24, 2.45) is 5.92 Å². The zero-order valence-electron chi connectivity index (χ0n) is 27.0. The Morgan fingerprint density at radius 2 is 1.58 bits per heavy atom. The Balaban J connectivity index is 1.41. The summed E-state index contributed by atoms with van der Waals surface area (Å²) in [4.78, 5) is 56.2. The van der Waals surface area contributed by atoms with Gasteiger partial charge in [-0.15, -0.1) is 0 Å². The summed E-state index contributed by atoms with van der Waals surface area (Å²) in [7, 11) is 0. The smallest absolute Gasteiger partial charge is 0.410 e. The van der Waals surface area contributed by atoms with E-state index in [1.807, 2.05) is 95.3 Å². The standard InChI is InChI=1S/C34H46N4O7/c1-22(2)29(36-31(40)23(3)35-19-28(39)43-21-24-13-9-7-10-14-24)32(41)37-18-17-26-30(37)27(44-25-15-11-8-12-16-25)20-38(26)33(42)45-34(4,5)6/h7-16,22-23,26-27,29-30,35H,17-21H2,1-6H3,(H,36,40). The van der Waals surface area contributed by atoms with Gasteiger partial charge in [0.2, 0.25) is 11.8 Å². The quantitative estimate of drug-likeness (QED) is 0.365. The molecule has 244 valence electrons. The first-order valence-electron chi connectivity index (χ1n) is 15.6. The van der Waals surface area contributed by atoms with Gasteiger partial charge in [-0.3, -0.25) is 24.6 Å². The SMILES string of the molecule is CC(NCC(=O)OCc1ccccc1)C(=O)NC(C(=O)N1CCC2C1C(Oc1ccccc1)CN2C(=O)OC(C)(C)C)C(C)C. The molecule has 0 bridgehead atoms. The van der Waals surface area contributed by atoms with Crippen LogP contribution in [0.15, 0.2) is 60.7 Å². The van der Waals surface area contributed by atoms with E-state index in [1.165, 1.54) is 0 Å². The lowest BCUT2D eigenvalue weighted by Crippen LogP contribution is -2.58. The summed E-state index contributed by atoms with van der Waals surface area (Å²) in [5.41, 5.74) is 0.196. The highest BCUT2D eigenvalue weighted by Gasteiger charge is 2.54. The normalized spacial score (nSPS) is 20.7. The first-order valence-corrected chi connectivity index (χ1v) is 15.6. The van der Waals surface area contributed by atoms with Gasteiger partial charge in [0.15, 0.2) is 0 Å². The molecule has 2 saturated heterocycles. The van der Waals surface area contributed by atoms with Crippen LogP contribution < -0.4 is 15.4 Å². The van der Waals surface area contributed by atoms with Crippen LogP contribution in [0.5, 0.6) is 5.75 Å². The third-order valence-electron chi connectivity index (χ3n) is 7.94. The Kier molecular flexibility index (Phi) is 11.1. The third-order valence-corrected chi connectivity index (χ3v) is 7.94. The molecular formula is C34H46N4O7. The number of carbonyl (C=O) groups is 4. The Morgan fingerprint density at radius 1 is 0.933 bits per heavy atom. The Bertz CT molecular complexity index is 1310. The maximum atomic E-state index is 14.1. The van der Waals surface area contributed by atoms with Crippen LogP contribution >= 0.6 is 0 Å².